The van der Waals surface area contributed by atoms with Gasteiger partial charge in [0, 0.05) is 19.2 Å². The predicted molar refractivity (Wildman–Crippen MR) is 100 cm³/mol. The van der Waals surface area contributed by atoms with Crippen molar-refractivity contribution < 1.29 is 18.8 Å². The van der Waals surface area contributed by atoms with Crippen LogP contribution in [0, 0.1) is 0 Å². The lowest BCUT2D eigenvalue weighted by Gasteiger charge is -2.26. The van der Waals surface area contributed by atoms with Crippen molar-refractivity contribution >= 4 is 23.2 Å². The second-order valence-electron chi connectivity index (χ2n) is 5.87. The van der Waals surface area contributed by atoms with Crippen molar-refractivity contribution in [1.29, 1.82) is 0 Å². The molecule has 4 heterocycles. The van der Waals surface area contributed by atoms with Crippen LogP contribution in [0.3, 0.4) is 0 Å². The number of anilines is 1. The summed E-state index contributed by atoms with van der Waals surface area (Å²) in [6, 6.07) is 5.61. The Hall–Kier alpha value is -3.05. The minimum Gasteiger partial charge on any atom is -0.467 e. The summed E-state index contributed by atoms with van der Waals surface area (Å²) in [6.07, 6.45) is 0. The van der Waals surface area contributed by atoms with Crippen LogP contribution in [-0.2, 0) is 11.3 Å². The number of carbonyl (C=O) groups is 1. The van der Waals surface area contributed by atoms with Crippen molar-refractivity contribution in [2.75, 3.05) is 38.3 Å². The third kappa shape index (κ3) is 4.10. The molecule has 0 saturated carbocycles. The highest BCUT2D eigenvalue weighted by Gasteiger charge is 2.18. The zero-order chi connectivity index (χ0) is 19.3. The molecule has 3 aromatic heterocycles. The number of rotatable bonds is 6. The highest BCUT2D eigenvalue weighted by molar-refractivity contribution is 7.13. The molecule has 0 aromatic carbocycles. The van der Waals surface area contributed by atoms with Gasteiger partial charge in [0.1, 0.15) is 0 Å². The van der Waals surface area contributed by atoms with Gasteiger partial charge in [0.2, 0.25) is 5.95 Å². The molecule has 1 aliphatic heterocycles. The fourth-order valence-electron chi connectivity index (χ4n) is 2.63. The SMILES string of the molecule is COc1nc(CNC(=O)c2cc(-c3cccs3)on2)nc(N2CCOCC2)n1. The van der Waals surface area contributed by atoms with Crippen LogP contribution >= 0.6 is 11.3 Å². The molecule has 11 heteroatoms. The second kappa shape index (κ2) is 8.31. The number of hydrogen-bond donors (Lipinski definition) is 1. The predicted octanol–water partition coefficient (Wildman–Crippen LogP) is 1.36. The van der Waals surface area contributed by atoms with E-state index < -0.39 is 0 Å². The molecule has 0 atom stereocenters. The minimum atomic E-state index is -0.376. The Labute approximate surface area is 164 Å². The number of thiophene rings is 1. The maximum Gasteiger partial charge on any atom is 0.321 e. The number of ether oxygens (including phenoxy) is 2. The number of hydrogen-bond acceptors (Lipinski definition) is 10. The lowest BCUT2D eigenvalue weighted by molar-refractivity contribution is 0.0940. The summed E-state index contributed by atoms with van der Waals surface area (Å²) in [5.74, 6) is 1.07. The molecule has 1 N–H and O–H groups in total. The van der Waals surface area contributed by atoms with Crippen molar-refractivity contribution in [1.82, 2.24) is 25.4 Å². The van der Waals surface area contributed by atoms with Gasteiger partial charge < -0.3 is 24.2 Å². The topological polar surface area (TPSA) is 116 Å². The summed E-state index contributed by atoms with van der Waals surface area (Å²) in [7, 11) is 1.49. The Morgan fingerprint density at radius 1 is 1.32 bits per heavy atom. The Bertz CT molecular complexity index is 939. The molecule has 0 radical (unpaired) electrons. The number of amides is 1. The Kier molecular flexibility index (Phi) is 5.44. The molecule has 146 valence electrons. The quantitative estimate of drug-likeness (QED) is 0.652. The zero-order valence-corrected chi connectivity index (χ0v) is 15.9. The van der Waals surface area contributed by atoms with E-state index in [1.807, 2.05) is 22.4 Å². The maximum absolute atomic E-state index is 12.4. The molecule has 0 spiro atoms. The van der Waals surface area contributed by atoms with E-state index in [4.69, 9.17) is 14.0 Å². The number of morpholine rings is 1. The number of aromatic nitrogens is 4. The van der Waals surface area contributed by atoms with Gasteiger partial charge in [-0.15, -0.1) is 11.3 Å². The number of methoxy groups -OCH3 is 1. The van der Waals surface area contributed by atoms with E-state index in [-0.39, 0.29) is 24.2 Å². The van der Waals surface area contributed by atoms with Gasteiger partial charge in [-0.25, -0.2) is 0 Å². The molecule has 0 bridgehead atoms. The molecule has 1 aliphatic rings. The molecular weight excluding hydrogens is 384 g/mol. The van der Waals surface area contributed by atoms with E-state index in [2.05, 4.69) is 25.4 Å². The third-order valence-corrected chi connectivity index (χ3v) is 4.92. The van der Waals surface area contributed by atoms with E-state index in [1.54, 1.807) is 6.07 Å². The van der Waals surface area contributed by atoms with Gasteiger partial charge in [-0.05, 0) is 11.4 Å². The first kappa shape index (κ1) is 18.3. The van der Waals surface area contributed by atoms with Crippen LogP contribution < -0.4 is 15.0 Å². The van der Waals surface area contributed by atoms with Crippen molar-refractivity contribution in [2.45, 2.75) is 6.54 Å². The van der Waals surface area contributed by atoms with E-state index >= 15 is 0 Å². The fraction of sp³-hybridized carbons (Fsp3) is 0.353. The number of nitrogens with one attached hydrogen (secondary N) is 1. The van der Waals surface area contributed by atoms with E-state index in [9.17, 15) is 4.79 Å². The molecule has 4 rings (SSSR count). The average Bonchev–Trinajstić information content (AvgIpc) is 3.44. The molecular formula is C17H18N6O4S. The second-order valence-corrected chi connectivity index (χ2v) is 6.82. The molecule has 1 saturated heterocycles. The first-order valence-corrected chi connectivity index (χ1v) is 9.51. The van der Waals surface area contributed by atoms with Gasteiger partial charge in [0.25, 0.3) is 5.91 Å². The summed E-state index contributed by atoms with van der Waals surface area (Å²) in [4.78, 5) is 28.2. The normalized spacial score (nSPS) is 14.1. The highest BCUT2D eigenvalue weighted by atomic mass is 32.1. The van der Waals surface area contributed by atoms with E-state index in [0.29, 0.717) is 43.8 Å². The zero-order valence-electron chi connectivity index (χ0n) is 15.1. The Morgan fingerprint density at radius 2 is 2.18 bits per heavy atom. The number of carbonyl (C=O) groups excluding carboxylic acids is 1. The van der Waals surface area contributed by atoms with Gasteiger partial charge in [-0.3, -0.25) is 4.79 Å². The summed E-state index contributed by atoms with van der Waals surface area (Å²) in [5.41, 5.74) is 0.192. The Balaban J connectivity index is 1.44. The van der Waals surface area contributed by atoms with Crippen LogP contribution in [0.5, 0.6) is 6.01 Å². The van der Waals surface area contributed by atoms with Gasteiger partial charge in [-0.2, -0.15) is 15.0 Å². The molecule has 1 fully saturated rings. The molecule has 3 aromatic rings. The number of nitrogens with zero attached hydrogens (tertiary/aromatic N) is 5. The molecule has 0 aliphatic carbocycles. The minimum absolute atomic E-state index is 0.107. The van der Waals surface area contributed by atoms with E-state index in [0.717, 1.165) is 4.88 Å². The standard InChI is InChI=1S/C17H18N6O4S/c1-25-17-20-14(19-16(21-17)23-4-6-26-7-5-23)10-18-15(24)11-9-12(27-22-11)13-3-2-8-28-13/h2-3,8-9H,4-7,10H2,1H3,(H,18,24). The maximum atomic E-state index is 12.4. The van der Waals surface area contributed by atoms with Gasteiger partial charge >= 0.3 is 6.01 Å². The van der Waals surface area contributed by atoms with Crippen molar-refractivity contribution in [3.8, 4) is 16.6 Å². The Morgan fingerprint density at radius 3 is 2.93 bits per heavy atom. The first-order chi connectivity index (χ1) is 13.7. The van der Waals surface area contributed by atoms with Crippen LogP contribution in [0.1, 0.15) is 16.3 Å². The molecule has 28 heavy (non-hydrogen) atoms. The largest absolute Gasteiger partial charge is 0.467 e. The van der Waals surface area contributed by atoms with Gasteiger partial charge in [0.05, 0.1) is 31.7 Å². The lowest BCUT2D eigenvalue weighted by Crippen LogP contribution is -2.37. The van der Waals surface area contributed by atoms with Gasteiger partial charge in [0.15, 0.2) is 17.3 Å². The summed E-state index contributed by atoms with van der Waals surface area (Å²) < 4.78 is 15.7. The van der Waals surface area contributed by atoms with Crippen LogP contribution in [0.15, 0.2) is 28.1 Å². The smallest absolute Gasteiger partial charge is 0.321 e. The van der Waals surface area contributed by atoms with E-state index in [1.165, 1.54) is 18.4 Å². The van der Waals surface area contributed by atoms with Crippen molar-refractivity contribution in [3.63, 3.8) is 0 Å². The first-order valence-electron chi connectivity index (χ1n) is 8.63. The monoisotopic (exact) mass is 402 g/mol. The van der Waals surface area contributed by atoms with Gasteiger partial charge in [-0.1, -0.05) is 11.2 Å². The molecule has 0 unspecified atom stereocenters. The molecule has 10 nitrogen and oxygen atoms in total. The fourth-order valence-corrected chi connectivity index (χ4v) is 3.30. The molecule has 1 amide bonds. The van der Waals surface area contributed by atoms with Crippen LogP contribution in [0.2, 0.25) is 0 Å². The average molecular weight is 402 g/mol. The highest BCUT2D eigenvalue weighted by Crippen LogP contribution is 2.25. The lowest BCUT2D eigenvalue weighted by atomic mass is 10.3. The van der Waals surface area contributed by atoms with Crippen molar-refractivity contribution in [2.24, 2.45) is 0 Å². The van der Waals surface area contributed by atoms with Crippen molar-refractivity contribution in [3.05, 3.63) is 35.1 Å². The van der Waals surface area contributed by atoms with Crippen LogP contribution in [-0.4, -0.2) is 59.4 Å². The summed E-state index contributed by atoms with van der Waals surface area (Å²) >= 11 is 1.51. The van der Waals surface area contributed by atoms with Crippen LogP contribution in [0.4, 0.5) is 5.95 Å². The van der Waals surface area contributed by atoms with Crippen LogP contribution in [0.25, 0.3) is 10.6 Å². The summed E-state index contributed by atoms with van der Waals surface area (Å²) in [5, 5.41) is 8.50. The third-order valence-electron chi connectivity index (χ3n) is 4.04. The summed E-state index contributed by atoms with van der Waals surface area (Å²) in [6.45, 7) is 2.70.